The number of aromatic nitrogens is 2. The van der Waals surface area contributed by atoms with E-state index in [-0.39, 0.29) is 5.75 Å². The molecule has 0 spiro atoms. The molecule has 4 aromatic rings. The number of nitrogens with one attached hydrogen (secondary N) is 1. The molecule has 7 heteroatoms. The molecule has 0 saturated heterocycles. The van der Waals surface area contributed by atoms with Crippen LogP contribution in [0.5, 0.6) is 5.75 Å². The monoisotopic (exact) mass is 381 g/mol. The zero-order valence-corrected chi connectivity index (χ0v) is 14.4. The summed E-state index contributed by atoms with van der Waals surface area (Å²) in [4.78, 5) is 9.35. The summed E-state index contributed by atoms with van der Waals surface area (Å²) in [5, 5.41) is 3.14. The molecule has 1 N–H and O–H groups in total. The average molecular weight is 381 g/mol. The molecule has 0 fully saturated rings. The molecule has 0 saturated carbocycles. The number of ether oxygens (including phenoxy) is 1. The molecule has 0 atom stereocenters. The Labute approximate surface area is 158 Å². The van der Waals surface area contributed by atoms with Crippen molar-refractivity contribution in [1.82, 2.24) is 9.97 Å². The zero-order valence-electron chi connectivity index (χ0n) is 14.4. The number of hydrogen-bond donors (Lipinski definition) is 1. The molecule has 0 amide bonds. The number of alkyl halides is 3. The molecule has 0 bridgehead atoms. The van der Waals surface area contributed by atoms with Crippen molar-refractivity contribution in [3.05, 3.63) is 78.9 Å². The SMILES string of the molecule is FC(F)(F)Oc1ccc(Nc2nc3ccccc3nc2-c2ccccc2)cc1. The van der Waals surface area contributed by atoms with Gasteiger partial charge < -0.3 is 10.1 Å². The first-order valence-electron chi connectivity index (χ1n) is 8.43. The molecular formula is C21H14F3N3O. The fourth-order valence-corrected chi connectivity index (χ4v) is 2.76. The third kappa shape index (κ3) is 4.03. The van der Waals surface area contributed by atoms with Crippen LogP contribution in [0.4, 0.5) is 24.7 Å². The first-order chi connectivity index (χ1) is 13.5. The highest BCUT2D eigenvalue weighted by atomic mass is 19.4. The van der Waals surface area contributed by atoms with Crippen LogP contribution < -0.4 is 10.1 Å². The average Bonchev–Trinajstić information content (AvgIpc) is 2.68. The number of fused-ring (bicyclic) bond motifs is 1. The van der Waals surface area contributed by atoms with Gasteiger partial charge in [0.2, 0.25) is 0 Å². The lowest BCUT2D eigenvalue weighted by Gasteiger charge is -2.13. The van der Waals surface area contributed by atoms with Gasteiger partial charge >= 0.3 is 6.36 Å². The highest BCUT2D eigenvalue weighted by Crippen LogP contribution is 2.30. The zero-order chi connectivity index (χ0) is 19.6. The first kappa shape index (κ1) is 17.8. The van der Waals surface area contributed by atoms with Gasteiger partial charge in [-0.1, -0.05) is 42.5 Å². The molecule has 4 rings (SSSR count). The molecule has 0 unspecified atom stereocenters. The number of benzene rings is 3. The van der Waals surface area contributed by atoms with Gasteiger partial charge in [-0.2, -0.15) is 0 Å². The lowest BCUT2D eigenvalue weighted by atomic mass is 10.1. The Balaban J connectivity index is 1.71. The van der Waals surface area contributed by atoms with Crippen molar-refractivity contribution < 1.29 is 17.9 Å². The molecule has 1 heterocycles. The topological polar surface area (TPSA) is 47.0 Å². The van der Waals surface area contributed by atoms with Crippen LogP contribution in [0, 0.1) is 0 Å². The van der Waals surface area contributed by atoms with Crippen molar-refractivity contribution in [3.63, 3.8) is 0 Å². The van der Waals surface area contributed by atoms with E-state index in [0.29, 0.717) is 22.7 Å². The number of anilines is 2. The molecule has 3 aromatic carbocycles. The molecule has 4 nitrogen and oxygen atoms in total. The molecule has 0 aliphatic rings. The van der Waals surface area contributed by atoms with Gasteiger partial charge in [0.1, 0.15) is 11.4 Å². The summed E-state index contributed by atoms with van der Waals surface area (Å²) >= 11 is 0. The minimum absolute atomic E-state index is 0.286. The quantitative estimate of drug-likeness (QED) is 0.475. The van der Waals surface area contributed by atoms with Crippen LogP contribution >= 0.6 is 0 Å². The second kappa shape index (κ2) is 7.19. The molecule has 1 aromatic heterocycles. The van der Waals surface area contributed by atoms with Crippen LogP contribution in [0.15, 0.2) is 78.9 Å². The van der Waals surface area contributed by atoms with E-state index in [1.165, 1.54) is 24.3 Å². The Morgan fingerprint density at radius 3 is 1.96 bits per heavy atom. The van der Waals surface area contributed by atoms with Gasteiger partial charge in [-0.05, 0) is 36.4 Å². The predicted octanol–water partition coefficient (Wildman–Crippen LogP) is 5.94. The van der Waals surface area contributed by atoms with Gasteiger partial charge in [0.25, 0.3) is 0 Å². The summed E-state index contributed by atoms with van der Waals surface area (Å²) in [6.45, 7) is 0. The summed E-state index contributed by atoms with van der Waals surface area (Å²) in [7, 11) is 0. The fourth-order valence-electron chi connectivity index (χ4n) is 2.76. The van der Waals surface area contributed by atoms with Crippen molar-refractivity contribution in [3.8, 4) is 17.0 Å². The molecule has 0 aliphatic carbocycles. The maximum Gasteiger partial charge on any atom is 0.573 e. The summed E-state index contributed by atoms with van der Waals surface area (Å²) in [6, 6.07) is 22.5. The largest absolute Gasteiger partial charge is 0.573 e. The van der Waals surface area contributed by atoms with E-state index in [0.717, 1.165) is 11.1 Å². The maximum absolute atomic E-state index is 12.3. The van der Waals surface area contributed by atoms with Crippen LogP contribution in [0.3, 0.4) is 0 Å². The van der Waals surface area contributed by atoms with Crippen molar-refractivity contribution >= 4 is 22.5 Å². The van der Waals surface area contributed by atoms with E-state index in [1.54, 1.807) is 0 Å². The van der Waals surface area contributed by atoms with Gasteiger partial charge in [0, 0.05) is 11.3 Å². The third-order valence-corrected chi connectivity index (χ3v) is 3.97. The molecule has 0 aliphatic heterocycles. The van der Waals surface area contributed by atoms with Crippen LogP contribution in [-0.4, -0.2) is 16.3 Å². The van der Waals surface area contributed by atoms with Gasteiger partial charge in [0.15, 0.2) is 5.82 Å². The summed E-state index contributed by atoms with van der Waals surface area (Å²) in [6.07, 6.45) is -4.72. The minimum atomic E-state index is -4.72. The van der Waals surface area contributed by atoms with Crippen molar-refractivity contribution in [2.45, 2.75) is 6.36 Å². The fraction of sp³-hybridized carbons (Fsp3) is 0.0476. The number of para-hydroxylation sites is 2. The highest BCUT2D eigenvalue weighted by Gasteiger charge is 2.30. The van der Waals surface area contributed by atoms with Gasteiger partial charge in [0.05, 0.1) is 11.0 Å². The molecular weight excluding hydrogens is 367 g/mol. The standard InChI is InChI=1S/C21H14F3N3O/c22-21(23,24)28-16-12-10-15(11-13-16)25-20-19(14-6-2-1-3-7-14)26-17-8-4-5-9-18(17)27-20/h1-13H,(H,25,27). The summed E-state index contributed by atoms with van der Waals surface area (Å²) < 4.78 is 40.9. The smallest absolute Gasteiger partial charge is 0.406 e. The second-order valence-corrected chi connectivity index (χ2v) is 5.97. The minimum Gasteiger partial charge on any atom is -0.406 e. The second-order valence-electron chi connectivity index (χ2n) is 5.97. The van der Waals surface area contributed by atoms with Crippen LogP contribution in [0.1, 0.15) is 0 Å². The molecule has 0 radical (unpaired) electrons. The van der Waals surface area contributed by atoms with E-state index < -0.39 is 6.36 Å². The number of nitrogens with zero attached hydrogens (tertiary/aromatic N) is 2. The lowest BCUT2D eigenvalue weighted by molar-refractivity contribution is -0.274. The summed E-state index contributed by atoms with van der Waals surface area (Å²) in [5.41, 5.74) is 3.55. The highest BCUT2D eigenvalue weighted by molar-refractivity contribution is 5.84. The number of rotatable bonds is 4. The van der Waals surface area contributed by atoms with E-state index in [1.807, 2.05) is 54.6 Å². The van der Waals surface area contributed by atoms with E-state index in [4.69, 9.17) is 4.98 Å². The Morgan fingerprint density at radius 2 is 1.32 bits per heavy atom. The third-order valence-electron chi connectivity index (χ3n) is 3.97. The van der Waals surface area contributed by atoms with Gasteiger partial charge in [-0.15, -0.1) is 13.2 Å². The Bertz CT molecular complexity index is 1100. The summed E-state index contributed by atoms with van der Waals surface area (Å²) in [5.74, 6) is 0.223. The van der Waals surface area contributed by atoms with Crippen molar-refractivity contribution in [1.29, 1.82) is 0 Å². The van der Waals surface area contributed by atoms with Gasteiger partial charge in [-0.3, -0.25) is 0 Å². The van der Waals surface area contributed by atoms with Crippen LogP contribution in [-0.2, 0) is 0 Å². The van der Waals surface area contributed by atoms with E-state index in [2.05, 4.69) is 15.0 Å². The predicted molar refractivity (Wildman–Crippen MR) is 101 cm³/mol. The number of halogens is 3. The van der Waals surface area contributed by atoms with E-state index >= 15 is 0 Å². The Kier molecular flexibility index (Phi) is 4.57. The van der Waals surface area contributed by atoms with Crippen LogP contribution in [0.2, 0.25) is 0 Å². The normalized spacial score (nSPS) is 11.4. The van der Waals surface area contributed by atoms with Gasteiger partial charge in [-0.25, -0.2) is 9.97 Å². The van der Waals surface area contributed by atoms with E-state index in [9.17, 15) is 13.2 Å². The Hall–Kier alpha value is -3.61. The molecule has 140 valence electrons. The first-order valence-corrected chi connectivity index (χ1v) is 8.43. The van der Waals surface area contributed by atoms with Crippen molar-refractivity contribution in [2.24, 2.45) is 0 Å². The van der Waals surface area contributed by atoms with Crippen molar-refractivity contribution in [2.75, 3.05) is 5.32 Å². The lowest BCUT2D eigenvalue weighted by Crippen LogP contribution is -2.17. The molecule has 28 heavy (non-hydrogen) atoms. The Morgan fingerprint density at radius 1 is 0.714 bits per heavy atom. The van der Waals surface area contributed by atoms with Crippen LogP contribution in [0.25, 0.3) is 22.3 Å². The number of hydrogen-bond acceptors (Lipinski definition) is 4. The maximum atomic E-state index is 12.3.